The first-order chi connectivity index (χ1) is 14.9. The maximum Gasteiger partial charge on any atom is 0.268 e. The molecule has 160 valence electrons. The number of nitrogens with one attached hydrogen (secondary N) is 2. The number of furan rings is 1. The predicted octanol–water partition coefficient (Wildman–Crippen LogP) is 4.46. The molecule has 0 bridgehead atoms. The molecule has 0 saturated heterocycles. The molecule has 0 atom stereocenters. The Morgan fingerprint density at radius 1 is 1.06 bits per heavy atom. The number of hydrogen-bond donors (Lipinski definition) is 2. The second-order valence-corrected chi connectivity index (χ2v) is 7.34. The molecule has 0 saturated carbocycles. The first-order valence-corrected chi connectivity index (χ1v) is 10.1. The van der Waals surface area contributed by atoms with E-state index >= 15 is 0 Å². The zero-order chi connectivity index (χ0) is 22.2. The standard InChI is InChI=1S/C25H26N2O4/c1-17(2)31-21-10-6-9-19(14-21)16-26-25(29)23(15-20-11-7-13-30-20)27-24(28)22-12-5-4-8-18(22)3/h4-15,17H,16H2,1-3H3,(H,26,29)(H,27,28)/b23-15-. The molecule has 6 heteroatoms. The first-order valence-electron chi connectivity index (χ1n) is 10.1. The summed E-state index contributed by atoms with van der Waals surface area (Å²) >= 11 is 0. The van der Waals surface area contributed by atoms with Crippen molar-refractivity contribution >= 4 is 17.9 Å². The van der Waals surface area contributed by atoms with E-state index in [4.69, 9.17) is 9.15 Å². The summed E-state index contributed by atoms with van der Waals surface area (Å²) in [7, 11) is 0. The fourth-order valence-electron chi connectivity index (χ4n) is 2.97. The third kappa shape index (κ3) is 6.34. The van der Waals surface area contributed by atoms with Crippen LogP contribution in [0, 0.1) is 6.92 Å². The molecule has 0 unspecified atom stereocenters. The van der Waals surface area contributed by atoms with Crippen molar-refractivity contribution in [2.24, 2.45) is 0 Å². The van der Waals surface area contributed by atoms with Crippen LogP contribution in [0.15, 0.2) is 77.0 Å². The van der Waals surface area contributed by atoms with Gasteiger partial charge in [0.2, 0.25) is 0 Å². The Hall–Kier alpha value is -3.80. The monoisotopic (exact) mass is 418 g/mol. The lowest BCUT2D eigenvalue weighted by molar-refractivity contribution is -0.117. The van der Waals surface area contributed by atoms with Crippen LogP contribution in [0.4, 0.5) is 0 Å². The van der Waals surface area contributed by atoms with Gasteiger partial charge in [-0.2, -0.15) is 0 Å². The molecule has 3 aromatic rings. The van der Waals surface area contributed by atoms with Gasteiger partial charge in [-0.05, 0) is 62.2 Å². The average Bonchev–Trinajstić information content (AvgIpc) is 3.25. The van der Waals surface area contributed by atoms with Crippen molar-refractivity contribution in [2.75, 3.05) is 0 Å². The summed E-state index contributed by atoms with van der Waals surface area (Å²) in [4.78, 5) is 25.6. The second kappa shape index (κ2) is 10.3. The van der Waals surface area contributed by atoms with Crippen LogP contribution in [-0.2, 0) is 11.3 Å². The summed E-state index contributed by atoms with van der Waals surface area (Å²) in [6, 6.07) is 18.1. The number of carbonyl (C=O) groups is 2. The normalized spacial score (nSPS) is 11.3. The highest BCUT2D eigenvalue weighted by Gasteiger charge is 2.16. The molecule has 2 N–H and O–H groups in total. The molecule has 0 spiro atoms. The van der Waals surface area contributed by atoms with Crippen LogP contribution in [0.5, 0.6) is 5.75 Å². The summed E-state index contributed by atoms with van der Waals surface area (Å²) in [5, 5.41) is 5.56. The molecule has 2 amide bonds. The van der Waals surface area contributed by atoms with Crippen molar-refractivity contribution in [2.45, 2.75) is 33.4 Å². The second-order valence-electron chi connectivity index (χ2n) is 7.34. The Labute approximate surface area is 181 Å². The highest BCUT2D eigenvalue weighted by atomic mass is 16.5. The lowest BCUT2D eigenvalue weighted by atomic mass is 10.1. The van der Waals surface area contributed by atoms with Crippen LogP contribution in [0.25, 0.3) is 6.08 Å². The van der Waals surface area contributed by atoms with E-state index in [0.29, 0.717) is 11.3 Å². The van der Waals surface area contributed by atoms with Crippen molar-refractivity contribution in [1.29, 1.82) is 0 Å². The third-order valence-corrected chi connectivity index (χ3v) is 4.44. The molecule has 3 rings (SSSR count). The maximum absolute atomic E-state index is 12.9. The van der Waals surface area contributed by atoms with Gasteiger partial charge in [0.1, 0.15) is 17.2 Å². The van der Waals surface area contributed by atoms with E-state index < -0.39 is 5.91 Å². The topological polar surface area (TPSA) is 80.6 Å². The minimum atomic E-state index is -0.423. The number of carbonyl (C=O) groups excluding carboxylic acids is 2. The zero-order valence-electron chi connectivity index (χ0n) is 17.8. The summed E-state index contributed by atoms with van der Waals surface area (Å²) in [6.45, 7) is 6.04. The van der Waals surface area contributed by atoms with Gasteiger partial charge < -0.3 is 19.8 Å². The fourth-order valence-corrected chi connectivity index (χ4v) is 2.97. The fraction of sp³-hybridized carbons (Fsp3) is 0.200. The van der Waals surface area contributed by atoms with Crippen LogP contribution in [0.2, 0.25) is 0 Å². The molecule has 0 aliphatic heterocycles. The van der Waals surface area contributed by atoms with Crippen molar-refractivity contribution in [1.82, 2.24) is 10.6 Å². The van der Waals surface area contributed by atoms with Gasteiger partial charge in [0.15, 0.2) is 0 Å². The Morgan fingerprint density at radius 2 is 1.87 bits per heavy atom. The summed E-state index contributed by atoms with van der Waals surface area (Å²) < 4.78 is 11.0. The first kappa shape index (κ1) is 21.9. The van der Waals surface area contributed by atoms with Gasteiger partial charge in [0.05, 0.1) is 12.4 Å². The van der Waals surface area contributed by atoms with Gasteiger partial charge in [0.25, 0.3) is 11.8 Å². The highest BCUT2D eigenvalue weighted by Crippen LogP contribution is 2.15. The molecule has 0 fully saturated rings. The molecular weight excluding hydrogens is 392 g/mol. The van der Waals surface area contributed by atoms with Crippen LogP contribution >= 0.6 is 0 Å². The van der Waals surface area contributed by atoms with Gasteiger partial charge >= 0.3 is 0 Å². The van der Waals surface area contributed by atoms with Gasteiger partial charge in [0, 0.05) is 18.2 Å². The van der Waals surface area contributed by atoms with Crippen LogP contribution in [-0.4, -0.2) is 17.9 Å². The number of ether oxygens (including phenoxy) is 1. The van der Waals surface area contributed by atoms with Crippen molar-refractivity contribution in [3.8, 4) is 5.75 Å². The Balaban J connectivity index is 1.74. The SMILES string of the molecule is Cc1ccccc1C(=O)N/C(=C\c1ccco1)C(=O)NCc1cccc(OC(C)C)c1. The Bertz CT molecular complexity index is 1070. The largest absolute Gasteiger partial charge is 0.491 e. The van der Waals surface area contributed by atoms with Gasteiger partial charge in [-0.3, -0.25) is 9.59 Å². The van der Waals surface area contributed by atoms with Gasteiger partial charge in [-0.15, -0.1) is 0 Å². The molecule has 1 aromatic heterocycles. The Kier molecular flexibility index (Phi) is 7.27. The molecular formula is C25H26N2O4. The molecule has 0 aliphatic rings. The lowest BCUT2D eigenvalue weighted by Crippen LogP contribution is -2.34. The van der Waals surface area contributed by atoms with E-state index in [1.165, 1.54) is 12.3 Å². The summed E-state index contributed by atoms with van der Waals surface area (Å²) in [6.07, 6.45) is 3.07. The number of rotatable bonds is 8. The van der Waals surface area contributed by atoms with Crippen molar-refractivity contribution in [3.63, 3.8) is 0 Å². The number of amides is 2. The van der Waals surface area contributed by atoms with Crippen LogP contribution in [0.3, 0.4) is 0 Å². The molecule has 31 heavy (non-hydrogen) atoms. The third-order valence-electron chi connectivity index (χ3n) is 4.44. The van der Waals surface area contributed by atoms with Crippen molar-refractivity contribution < 1.29 is 18.7 Å². The summed E-state index contributed by atoms with van der Waals surface area (Å²) in [5.74, 6) is 0.412. The molecule has 2 aromatic carbocycles. The van der Waals surface area contributed by atoms with Gasteiger partial charge in [-0.25, -0.2) is 0 Å². The van der Waals surface area contributed by atoms with Crippen LogP contribution < -0.4 is 15.4 Å². The molecule has 0 aliphatic carbocycles. The highest BCUT2D eigenvalue weighted by molar-refractivity contribution is 6.05. The summed E-state index contributed by atoms with van der Waals surface area (Å²) in [5.41, 5.74) is 2.30. The molecule has 0 radical (unpaired) electrons. The number of aryl methyl sites for hydroxylation is 1. The van der Waals surface area contributed by atoms with Crippen molar-refractivity contribution in [3.05, 3.63) is 95.1 Å². The maximum atomic E-state index is 12.9. The molecule has 6 nitrogen and oxygen atoms in total. The quantitative estimate of drug-likeness (QED) is 0.529. The Morgan fingerprint density at radius 3 is 2.58 bits per heavy atom. The van der Waals surface area contributed by atoms with E-state index in [0.717, 1.165) is 16.9 Å². The number of benzene rings is 2. The average molecular weight is 418 g/mol. The van der Waals surface area contributed by atoms with E-state index in [2.05, 4.69) is 10.6 Å². The molecule has 1 heterocycles. The predicted molar refractivity (Wildman–Crippen MR) is 119 cm³/mol. The smallest absolute Gasteiger partial charge is 0.268 e. The van der Waals surface area contributed by atoms with E-state index in [9.17, 15) is 9.59 Å². The van der Waals surface area contributed by atoms with E-state index in [1.807, 2.05) is 57.2 Å². The number of hydrogen-bond acceptors (Lipinski definition) is 4. The minimum absolute atomic E-state index is 0.0596. The minimum Gasteiger partial charge on any atom is -0.491 e. The van der Waals surface area contributed by atoms with Gasteiger partial charge in [-0.1, -0.05) is 30.3 Å². The van der Waals surface area contributed by atoms with E-state index in [-0.39, 0.29) is 24.3 Å². The van der Waals surface area contributed by atoms with Crippen LogP contribution in [0.1, 0.15) is 41.1 Å². The lowest BCUT2D eigenvalue weighted by Gasteiger charge is -2.13. The van der Waals surface area contributed by atoms with E-state index in [1.54, 1.807) is 24.3 Å². The zero-order valence-corrected chi connectivity index (χ0v) is 17.8.